The van der Waals surface area contributed by atoms with Crippen LogP contribution in [0.25, 0.3) is 0 Å². The highest BCUT2D eigenvalue weighted by molar-refractivity contribution is 7.09. The van der Waals surface area contributed by atoms with Gasteiger partial charge in [0, 0.05) is 30.9 Å². The molecule has 6 rings (SSSR count). The van der Waals surface area contributed by atoms with Crippen molar-refractivity contribution in [1.82, 2.24) is 14.8 Å². The van der Waals surface area contributed by atoms with E-state index in [0.29, 0.717) is 12.3 Å². The number of nitrogens with zero attached hydrogens (tertiary/aromatic N) is 3. The van der Waals surface area contributed by atoms with E-state index in [2.05, 4.69) is 53.2 Å². The van der Waals surface area contributed by atoms with E-state index in [1.807, 2.05) is 16.3 Å². The second-order valence-electron chi connectivity index (χ2n) is 10.1. The van der Waals surface area contributed by atoms with Gasteiger partial charge in [0.2, 0.25) is 5.91 Å². The number of carbonyl (C=O) groups is 2. The van der Waals surface area contributed by atoms with Crippen LogP contribution in [-0.4, -0.2) is 46.2 Å². The Morgan fingerprint density at radius 1 is 1.06 bits per heavy atom. The molecule has 2 fully saturated rings. The molecule has 0 N–H and O–H groups in total. The summed E-state index contributed by atoms with van der Waals surface area (Å²) in [6, 6.07) is 14.7. The normalized spacial score (nSPS) is 19.3. The van der Waals surface area contributed by atoms with Crippen molar-refractivity contribution in [1.29, 1.82) is 0 Å². The molecular weight excluding hydrogens is 470 g/mol. The van der Waals surface area contributed by atoms with Crippen molar-refractivity contribution >= 4 is 23.2 Å². The molecule has 1 aromatic heterocycles. The molecule has 0 radical (unpaired) electrons. The number of likely N-dealkylation sites (tertiary alicyclic amines) is 1. The molecule has 36 heavy (non-hydrogen) atoms. The molecule has 1 aliphatic carbocycles. The zero-order chi connectivity index (χ0) is 24.6. The monoisotopic (exact) mass is 501 g/mol. The number of hydrogen-bond donors (Lipinski definition) is 0. The first-order valence-electron chi connectivity index (χ1n) is 12.9. The number of hydrogen-bond acceptors (Lipinski definition) is 5. The zero-order valence-corrected chi connectivity index (χ0v) is 21.4. The Morgan fingerprint density at radius 2 is 1.83 bits per heavy atom. The molecule has 0 bridgehead atoms. The molecule has 2 aliphatic heterocycles. The molecule has 1 atom stereocenters. The first-order valence-corrected chi connectivity index (χ1v) is 13.8. The molecule has 3 heterocycles. The van der Waals surface area contributed by atoms with Crippen molar-refractivity contribution in [2.45, 2.75) is 51.7 Å². The van der Waals surface area contributed by atoms with Crippen LogP contribution in [0.15, 0.2) is 47.8 Å². The lowest BCUT2D eigenvalue weighted by molar-refractivity contribution is -0.134. The van der Waals surface area contributed by atoms with E-state index in [-0.39, 0.29) is 23.8 Å². The van der Waals surface area contributed by atoms with E-state index in [1.165, 1.54) is 22.5 Å². The topological polar surface area (TPSA) is 62.7 Å². The summed E-state index contributed by atoms with van der Waals surface area (Å²) < 4.78 is 6.16. The molecule has 1 saturated heterocycles. The number of fused-ring (bicyclic) bond motifs is 1. The van der Waals surface area contributed by atoms with Gasteiger partial charge in [0.25, 0.3) is 5.91 Å². The highest BCUT2D eigenvalue weighted by Gasteiger charge is 2.39. The van der Waals surface area contributed by atoms with Crippen LogP contribution >= 0.6 is 11.3 Å². The Labute approximate surface area is 215 Å². The van der Waals surface area contributed by atoms with Gasteiger partial charge in [0.15, 0.2) is 0 Å². The van der Waals surface area contributed by atoms with E-state index >= 15 is 0 Å². The standard InChI is InChI=1S/C29H31N3O3S/c1-19-4-6-21(7-5-19)27-24-16-23(11-10-20(24)12-15-32(27)28(33)22-8-9-22)35-17-26-30-25(18-36-26)29(34)31-13-2-3-14-31/h4-7,10-11,16,18,22,27H,2-3,8-9,12-15,17H2,1H3/t27-/m1/s1. The smallest absolute Gasteiger partial charge is 0.273 e. The number of benzene rings is 2. The average molecular weight is 502 g/mol. The van der Waals surface area contributed by atoms with E-state index in [9.17, 15) is 9.59 Å². The van der Waals surface area contributed by atoms with Crippen LogP contribution in [0.1, 0.15) is 69.5 Å². The zero-order valence-electron chi connectivity index (χ0n) is 20.6. The van der Waals surface area contributed by atoms with E-state index in [1.54, 1.807) is 0 Å². The van der Waals surface area contributed by atoms with Crippen molar-refractivity contribution in [3.63, 3.8) is 0 Å². The summed E-state index contributed by atoms with van der Waals surface area (Å²) in [5.74, 6) is 1.23. The fraction of sp³-hybridized carbons (Fsp3) is 0.414. The summed E-state index contributed by atoms with van der Waals surface area (Å²) in [6.45, 7) is 4.78. The third-order valence-corrected chi connectivity index (χ3v) is 8.30. The van der Waals surface area contributed by atoms with Gasteiger partial charge in [-0.05, 0) is 67.9 Å². The number of aryl methyl sites for hydroxylation is 1. The lowest BCUT2D eigenvalue weighted by atomic mass is 9.87. The molecule has 0 spiro atoms. The minimum Gasteiger partial charge on any atom is -0.486 e. The molecule has 186 valence electrons. The van der Waals surface area contributed by atoms with Gasteiger partial charge in [-0.2, -0.15) is 0 Å². The van der Waals surface area contributed by atoms with Crippen LogP contribution < -0.4 is 4.74 Å². The Kier molecular flexibility index (Phi) is 6.25. The van der Waals surface area contributed by atoms with Crippen LogP contribution in [0, 0.1) is 12.8 Å². The maximum Gasteiger partial charge on any atom is 0.273 e. The Hall–Kier alpha value is -3.19. The van der Waals surface area contributed by atoms with Crippen LogP contribution in [0.5, 0.6) is 5.75 Å². The number of aromatic nitrogens is 1. The van der Waals surface area contributed by atoms with Crippen LogP contribution in [0.4, 0.5) is 0 Å². The average Bonchev–Trinajstić information content (AvgIpc) is 3.39. The second-order valence-corrected chi connectivity index (χ2v) is 11.1. The van der Waals surface area contributed by atoms with Crippen molar-refractivity contribution in [3.8, 4) is 5.75 Å². The highest BCUT2D eigenvalue weighted by atomic mass is 32.1. The number of thiazole rings is 1. The summed E-state index contributed by atoms with van der Waals surface area (Å²) in [5.41, 5.74) is 5.26. The Morgan fingerprint density at radius 3 is 2.58 bits per heavy atom. The SMILES string of the molecule is Cc1ccc([C@@H]2c3cc(OCc4nc(C(=O)N5CCCC5)cs4)ccc3CCN2C(=O)C2CC2)cc1. The molecule has 7 heteroatoms. The maximum absolute atomic E-state index is 13.2. The third-order valence-electron chi connectivity index (χ3n) is 7.47. The molecule has 3 aliphatic rings. The van der Waals surface area contributed by atoms with Gasteiger partial charge in [-0.3, -0.25) is 9.59 Å². The summed E-state index contributed by atoms with van der Waals surface area (Å²) in [6.07, 6.45) is 4.99. The fourth-order valence-electron chi connectivity index (χ4n) is 5.30. The minimum atomic E-state index is -0.101. The summed E-state index contributed by atoms with van der Waals surface area (Å²) in [5, 5.41) is 2.62. The summed E-state index contributed by atoms with van der Waals surface area (Å²) in [7, 11) is 0. The maximum atomic E-state index is 13.2. The quantitative estimate of drug-likeness (QED) is 0.469. The van der Waals surface area contributed by atoms with Crippen LogP contribution in [-0.2, 0) is 17.8 Å². The molecule has 1 saturated carbocycles. The van der Waals surface area contributed by atoms with Gasteiger partial charge >= 0.3 is 0 Å². The predicted molar refractivity (Wildman–Crippen MR) is 139 cm³/mol. The number of amides is 2. The Balaban J connectivity index is 1.23. The van der Waals surface area contributed by atoms with E-state index < -0.39 is 0 Å². The largest absolute Gasteiger partial charge is 0.486 e. The van der Waals surface area contributed by atoms with Crippen molar-refractivity contribution in [2.24, 2.45) is 5.92 Å². The van der Waals surface area contributed by atoms with Gasteiger partial charge in [0.1, 0.15) is 23.1 Å². The molecule has 0 unspecified atom stereocenters. The van der Waals surface area contributed by atoms with Crippen molar-refractivity contribution < 1.29 is 14.3 Å². The van der Waals surface area contributed by atoms with Gasteiger partial charge in [-0.1, -0.05) is 35.9 Å². The van der Waals surface area contributed by atoms with Gasteiger partial charge in [-0.15, -0.1) is 11.3 Å². The fourth-order valence-corrected chi connectivity index (χ4v) is 5.98. The van der Waals surface area contributed by atoms with Gasteiger partial charge < -0.3 is 14.5 Å². The van der Waals surface area contributed by atoms with Gasteiger partial charge in [-0.25, -0.2) is 4.98 Å². The molecule has 6 nitrogen and oxygen atoms in total. The van der Waals surface area contributed by atoms with E-state index in [0.717, 1.165) is 73.6 Å². The lowest BCUT2D eigenvalue weighted by Crippen LogP contribution is -2.41. The first kappa shape index (κ1) is 23.2. The van der Waals surface area contributed by atoms with E-state index in [4.69, 9.17) is 4.74 Å². The number of rotatable bonds is 6. The van der Waals surface area contributed by atoms with Crippen molar-refractivity contribution in [3.05, 3.63) is 80.8 Å². The second kappa shape index (κ2) is 9.69. The minimum absolute atomic E-state index is 0.0186. The van der Waals surface area contributed by atoms with Crippen molar-refractivity contribution in [2.75, 3.05) is 19.6 Å². The third kappa shape index (κ3) is 4.64. The molecular formula is C29H31N3O3S. The predicted octanol–water partition coefficient (Wildman–Crippen LogP) is 5.15. The first-order chi connectivity index (χ1) is 17.6. The number of ether oxygens (including phenoxy) is 1. The van der Waals surface area contributed by atoms with Crippen LogP contribution in [0.2, 0.25) is 0 Å². The molecule has 2 aromatic carbocycles. The molecule has 2 amide bonds. The summed E-state index contributed by atoms with van der Waals surface area (Å²) in [4.78, 5) is 34.3. The highest BCUT2D eigenvalue weighted by Crippen LogP contribution is 2.41. The molecule has 3 aromatic rings. The summed E-state index contributed by atoms with van der Waals surface area (Å²) >= 11 is 1.46. The number of carbonyl (C=O) groups excluding carboxylic acids is 2. The van der Waals surface area contributed by atoms with Crippen LogP contribution in [0.3, 0.4) is 0 Å². The lowest BCUT2D eigenvalue weighted by Gasteiger charge is -2.38. The van der Waals surface area contributed by atoms with Gasteiger partial charge in [0.05, 0.1) is 6.04 Å². The Bertz CT molecular complexity index is 1280.